The normalized spacial score (nSPS) is 12.5. The van der Waals surface area contributed by atoms with Gasteiger partial charge in [0.05, 0.1) is 26.4 Å². The summed E-state index contributed by atoms with van der Waals surface area (Å²) in [6, 6.07) is 0. The van der Waals surface area contributed by atoms with Gasteiger partial charge < -0.3 is 18.6 Å². The first-order valence-electron chi connectivity index (χ1n) is 7.16. The van der Waals surface area contributed by atoms with Crippen LogP contribution in [-0.2, 0) is 23.4 Å². The van der Waals surface area contributed by atoms with Crippen LogP contribution in [0.25, 0.3) is 0 Å². The smallest absolute Gasteiger partial charge is 0.318 e. The van der Waals surface area contributed by atoms with Crippen LogP contribution < -0.4 is 0 Å². The third-order valence-electron chi connectivity index (χ3n) is 3.34. The lowest BCUT2D eigenvalue weighted by molar-refractivity contribution is -0.141. The maximum Gasteiger partial charge on any atom is 0.318 e. The maximum atomic E-state index is 11.7. The summed E-state index contributed by atoms with van der Waals surface area (Å²) in [5.74, 6) is -0.286. The Morgan fingerprint density at radius 2 is 1.45 bits per heavy atom. The first-order valence-corrected chi connectivity index (χ1v) is 10.1. The molecule has 0 saturated heterocycles. The molecule has 0 fully saturated rings. The fourth-order valence-electron chi connectivity index (χ4n) is 1.10. The van der Waals surface area contributed by atoms with Gasteiger partial charge in [-0.1, -0.05) is 20.8 Å². The zero-order valence-electron chi connectivity index (χ0n) is 13.8. The largest absolute Gasteiger partial charge is 0.517 e. The molecule has 0 aliphatic carbocycles. The van der Waals surface area contributed by atoms with E-state index >= 15 is 0 Å². The molecule has 0 aliphatic rings. The zero-order chi connectivity index (χ0) is 15.6. The molecule has 0 rings (SSSR count). The van der Waals surface area contributed by atoms with Crippen LogP contribution in [0.15, 0.2) is 0 Å². The molecule has 0 aliphatic heterocycles. The summed E-state index contributed by atoms with van der Waals surface area (Å²) in [5, 5.41) is 0.0189. The van der Waals surface area contributed by atoms with E-state index < -0.39 is 8.32 Å². The highest BCUT2D eigenvalue weighted by Gasteiger charge is 2.40. The first-order chi connectivity index (χ1) is 9.20. The Labute approximate surface area is 124 Å². The molecule has 20 heavy (non-hydrogen) atoms. The Balaban J connectivity index is 3.65. The van der Waals surface area contributed by atoms with Crippen LogP contribution in [0.2, 0.25) is 18.1 Å². The van der Waals surface area contributed by atoms with Gasteiger partial charge >= 0.3 is 5.97 Å². The van der Waals surface area contributed by atoms with Crippen LogP contribution in [0, 0.1) is 0 Å². The van der Waals surface area contributed by atoms with Crippen molar-refractivity contribution in [2.45, 2.75) is 45.8 Å². The highest BCUT2D eigenvalue weighted by molar-refractivity contribution is 6.75. The monoisotopic (exact) mass is 306 g/mol. The van der Waals surface area contributed by atoms with E-state index in [2.05, 4.69) is 20.8 Å². The van der Waals surface area contributed by atoms with Gasteiger partial charge in [0.2, 0.25) is 0 Å². The van der Waals surface area contributed by atoms with Crippen LogP contribution in [-0.4, -0.2) is 53.9 Å². The Morgan fingerprint density at radius 3 is 1.95 bits per heavy atom. The van der Waals surface area contributed by atoms with Crippen molar-refractivity contribution in [3.05, 3.63) is 0 Å². The molecule has 0 radical (unpaired) electrons. The third-order valence-corrected chi connectivity index (χ3v) is 7.69. The molecule has 0 unspecified atom stereocenters. The molecular formula is C14H30O5Si. The second-order valence-corrected chi connectivity index (χ2v) is 10.8. The number of ether oxygens (including phenoxy) is 3. The van der Waals surface area contributed by atoms with E-state index in [-0.39, 0.29) is 17.6 Å². The second-order valence-electron chi connectivity index (χ2n) is 6.10. The van der Waals surface area contributed by atoms with Gasteiger partial charge in [0.15, 0.2) is 0 Å². The van der Waals surface area contributed by atoms with Crippen LogP contribution in [0.3, 0.4) is 0 Å². The summed E-state index contributed by atoms with van der Waals surface area (Å²) < 4.78 is 21.2. The van der Waals surface area contributed by atoms with Crippen molar-refractivity contribution < 1.29 is 23.4 Å². The predicted octanol–water partition coefficient (Wildman–Crippen LogP) is 2.60. The number of carbonyl (C=O) groups is 1. The first kappa shape index (κ1) is 19.6. The van der Waals surface area contributed by atoms with Crippen molar-refractivity contribution in [2.75, 3.05) is 39.6 Å². The molecule has 0 saturated carbocycles. The molecule has 0 N–H and O–H groups in total. The van der Waals surface area contributed by atoms with Gasteiger partial charge in [0.1, 0.15) is 6.61 Å². The van der Waals surface area contributed by atoms with E-state index in [9.17, 15) is 4.79 Å². The van der Waals surface area contributed by atoms with Crippen LogP contribution in [0.1, 0.15) is 27.7 Å². The topological polar surface area (TPSA) is 54.0 Å². The summed E-state index contributed by atoms with van der Waals surface area (Å²) in [6.45, 7) is 15.0. The standard InChI is InChI=1S/C14H30O5Si/c1-7-16-8-9-17-10-11-18-12-13(15)19-20(5,6)14(2,3)4/h7-12H2,1-6H3. The minimum Gasteiger partial charge on any atom is -0.517 e. The van der Waals surface area contributed by atoms with Crippen molar-refractivity contribution >= 4 is 14.3 Å². The summed E-state index contributed by atoms with van der Waals surface area (Å²) in [4.78, 5) is 11.7. The predicted molar refractivity (Wildman–Crippen MR) is 81.4 cm³/mol. The fourth-order valence-corrected chi connectivity index (χ4v) is 2.04. The quantitative estimate of drug-likeness (QED) is 0.459. The molecular weight excluding hydrogens is 276 g/mol. The molecule has 0 spiro atoms. The maximum absolute atomic E-state index is 11.7. The average molecular weight is 306 g/mol. The van der Waals surface area contributed by atoms with Crippen molar-refractivity contribution in [3.63, 3.8) is 0 Å². The summed E-state index contributed by atoms with van der Waals surface area (Å²) >= 11 is 0. The lowest BCUT2D eigenvalue weighted by Crippen LogP contribution is -2.43. The van der Waals surface area contributed by atoms with Crippen molar-refractivity contribution in [1.82, 2.24) is 0 Å². The average Bonchev–Trinajstić information content (AvgIpc) is 2.30. The van der Waals surface area contributed by atoms with Crippen LogP contribution in [0.4, 0.5) is 0 Å². The lowest BCUT2D eigenvalue weighted by atomic mass is 10.2. The van der Waals surface area contributed by atoms with Crippen molar-refractivity contribution in [1.29, 1.82) is 0 Å². The molecule has 0 aromatic carbocycles. The fraction of sp³-hybridized carbons (Fsp3) is 0.929. The van der Waals surface area contributed by atoms with Crippen LogP contribution >= 0.6 is 0 Å². The molecule has 0 bridgehead atoms. The number of hydrogen-bond acceptors (Lipinski definition) is 5. The van der Waals surface area contributed by atoms with Gasteiger partial charge in [-0.05, 0) is 25.1 Å². The molecule has 0 atom stereocenters. The third kappa shape index (κ3) is 8.68. The summed E-state index contributed by atoms with van der Waals surface area (Å²) in [7, 11) is -2.04. The highest BCUT2D eigenvalue weighted by atomic mass is 28.4. The molecule has 0 aromatic heterocycles. The minimum absolute atomic E-state index is 0.0126. The molecule has 120 valence electrons. The number of rotatable bonds is 10. The molecule has 5 nitrogen and oxygen atoms in total. The molecule has 0 amide bonds. The SMILES string of the molecule is CCOCCOCCOCC(=O)O[Si](C)(C)C(C)(C)C. The second kappa shape index (κ2) is 9.49. The lowest BCUT2D eigenvalue weighted by Gasteiger charge is -2.35. The van der Waals surface area contributed by atoms with Gasteiger partial charge in [0, 0.05) is 6.61 Å². The molecule has 0 heterocycles. The number of hydrogen-bond donors (Lipinski definition) is 0. The van der Waals surface area contributed by atoms with Crippen LogP contribution in [0.5, 0.6) is 0 Å². The van der Waals surface area contributed by atoms with Crippen molar-refractivity contribution in [2.24, 2.45) is 0 Å². The van der Waals surface area contributed by atoms with E-state index in [1.807, 2.05) is 20.0 Å². The molecule has 0 aromatic rings. The zero-order valence-corrected chi connectivity index (χ0v) is 14.8. The van der Waals surface area contributed by atoms with Gasteiger partial charge in [0.25, 0.3) is 8.32 Å². The van der Waals surface area contributed by atoms with Gasteiger partial charge in [-0.3, -0.25) is 4.79 Å². The van der Waals surface area contributed by atoms with Crippen molar-refractivity contribution in [3.8, 4) is 0 Å². The van der Waals surface area contributed by atoms with E-state index in [4.69, 9.17) is 18.6 Å². The van der Waals surface area contributed by atoms with E-state index in [1.165, 1.54) is 0 Å². The Hall–Kier alpha value is -0.433. The minimum atomic E-state index is -2.04. The summed E-state index contributed by atoms with van der Waals surface area (Å²) in [5.41, 5.74) is 0. The highest BCUT2D eigenvalue weighted by Crippen LogP contribution is 2.36. The van der Waals surface area contributed by atoms with E-state index in [0.29, 0.717) is 33.0 Å². The van der Waals surface area contributed by atoms with Gasteiger partial charge in [-0.2, -0.15) is 0 Å². The van der Waals surface area contributed by atoms with Gasteiger partial charge in [-0.25, -0.2) is 0 Å². The van der Waals surface area contributed by atoms with E-state index in [1.54, 1.807) is 0 Å². The van der Waals surface area contributed by atoms with Gasteiger partial charge in [-0.15, -0.1) is 0 Å². The Kier molecular flexibility index (Phi) is 9.29. The molecule has 6 heteroatoms. The van der Waals surface area contributed by atoms with E-state index in [0.717, 1.165) is 0 Å². The number of carbonyl (C=O) groups excluding carboxylic acids is 1. The summed E-state index contributed by atoms with van der Waals surface area (Å²) in [6.07, 6.45) is 0. The Morgan fingerprint density at radius 1 is 0.950 bits per heavy atom. The Bertz CT molecular complexity index is 273.